The summed E-state index contributed by atoms with van der Waals surface area (Å²) < 4.78 is 7.16. The van der Waals surface area contributed by atoms with E-state index in [2.05, 4.69) is 5.10 Å². The van der Waals surface area contributed by atoms with E-state index in [1.165, 1.54) is 0 Å². The Morgan fingerprint density at radius 2 is 2.19 bits per heavy atom. The first-order valence-corrected chi connectivity index (χ1v) is 9.03. The van der Waals surface area contributed by atoms with Crippen molar-refractivity contribution in [1.82, 2.24) is 19.5 Å². The van der Waals surface area contributed by atoms with E-state index in [9.17, 15) is 4.79 Å². The second-order valence-corrected chi connectivity index (χ2v) is 7.71. The van der Waals surface area contributed by atoms with Gasteiger partial charge < -0.3 is 15.4 Å². The number of amides is 1. The Labute approximate surface area is 153 Å². The first kappa shape index (κ1) is 18.2. The molecule has 1 fully saturated rings. The number of hydrogen-bond donors (Lipinski definition) is 1. The molecular formula is C19H27N5O2. The van der Waals surface area contributed by atoms with E-state index in [1.54, 1.807) is 15.6 Å². The van der Waals surface area contributed by atoms with Crippen LogP contribution in [0, 0.1) is 0 Å². The zero-order chi connectivity index (χ0) is 18.9. The SMILES string of the molecule is C/C=C/c1cnn2c(N)cc(C3CCCN(C(=O)OC(C)(C)C)C3)nc12. The summed E-state index contributed by atoms with van der Waals surface area (Å²) in [5, 5.41) is 4.30. The van der Waals surface area contributed by atoms with Crippen molar-refractivity contribution in [3.63, 3.8) is 0 Å². The monoisotopic (exact) mass is 357 g/mol. The summed E-state index contributed by atoms with van der Waals surface area (Å²) in [4.78, 5) is 19.0. The number of hydrogen-bond acceptors (Lipinski definition) is 5. The summed E-state index contributed by atoms with van der Waals surface area (Å²) in [6, 6.07) is 1.86. The normalized spacial score (nSPS) is 18.6. The van der Waals surface area contributed by atoms with E-state index < -0.39 is 5.60 Å². The highest BCUT2D eigenvalue weighted by Crippen LogP contribution is 2.29. The predicted molar refractivity (Wildman–Crippen MR) is 102 cm³/mol. The summed E-state index contributed by atoms with van der Waals surface area (Å²) in [5.41, 5.74) is 8.26. The van der Waals surface area contributed by atoms with E-state index in [0.29, 0.717) is 18.9 Å². The third kappa shape index (κ3) is 3.81. The minimum Gasteiger partial charge on any atom is -0.444 e. The molecule has 1 aliphatic heterocycles. The number of piperidine rings is 1. The lowest BCUT2D eigenvalue weighted by atomic mass is 9.94. The van der Waals surface area contributed by atoms with Crippen LogP contribution in [0.4, 0.5) is 10.6 Å². The van der Waals surface area contributed by atoms with Crippen molar-refractivity contribution in [3.05, 3.63) is 29.6 Å². The average Bonchev–Trinajstić information content (AvgIpc) is 2.97. The van der Waals surface area contributed by atoms with Crippen LogP contribution >= 0.6 is 0 Å². The molecule has 1 atom stereocenters. The van der Waals surface area contributed by atoms with Crippen LogP contribution in [0.25, 0.3) is 11.7 Å². The number of nitrogens with two attached hydrogens (primary N) is 1. The smallest absolute Gasteiger partial charge is 0.410 e. The Hall–Kier alpha value is -2.57. The fourth-order valence-electron chi connectivity index (χ4n) is 3.24. The highest BCUT2D eigenvalue weighted by Gasteiger charge is 2.29. The zero-order valence-corrected chi connectivity index (χ0v) is 15.9. The van der Waals surface area contributed by atoms with Gasteiger partial charge in [0.05, 0.1) is 11.9 Å². The Kier molecular flexibility index (Phi) is 4.89. The molecule has 2 N–H and O–H groups in total. The van der Waals surface area contributed by atoms with Crippen molar-refractivity contribution < 1.29 is 9.53 Å². The molecule has 0 aromatic carbocycles. The number of carbonyl (C=O) groups is 1. The third-order valence-electron chi connectivity index (χ3n) is 4.38. The van der Waals surface area contributed by atoms with E-state index in [-0.39, 0.29) is 12.0 Å². The third-order valence-corrected chi connectivity index (χ3v) is 4.38. The molecule has 0 aliphatic carbocycles. The Morgan fingerprint density at radius 1 is 1.42 bits per heavy atom. The van der Waals surface area contributed by atoms with E-state index in [0.717, 1.165) is 29.7 Å². The fraction of sp³-hybridized carbons (Fsp3) is 0.526. The largest absolute Gasteiger partial charge is 0.444 e. The Morgan fingerprint density at radius 3 is 2.88 bits per heavy atom. The van der Waals surface area contributed by atoms with E-state index in [4.69, 9.17) is 15.5 Å². The molecule has 0 radical (unpaired) electrons. The van der Waals surface area contributed by atoms with E-state index in [1.807, 2.05) is 45.9 Å². The van der Waals surface area contributed by atoms with Crippen molar-refractivity contribution in [2.24, 2.45) is 0 Å². The average molecular weight is 357 g/mol. The Balaban J connectivity index is 1.86. The predicted octanol–water partition coefficient (Wildman–Crippen LogP) is 3.46. The maximum atomic E-state index is 12.4. The number of aromatic nitrogens is 3. The molecule has 0 spiro atoms. The molecule has 2 aromatic heterocycles. The summed E-state index contributed by atoms with van der Waals surface area (Å²) in [7, 11) is 0. The van der Waals surface area contributed by atoms with Gasteiger partial charge in [-0.15, -0.1) is 0 Å². The molecule has 2 aromatic rings. The molecule has 7 heteroatoms. The fourth-order valence-corrected chi connectivity index (χ4v) is 3.24. The van der Waals surface area contributed by atoms with Crippen LogP contribution in [-0.4, -0.2) is 44.3 Å². The molecule has 26 heavy (non-hydrogen) atoms. The lowest BCUT2D eigenvalue weighted by Crippen LogP contribution is -2.42. The van der Waals surface area contributed by atoms with Gasteiger partial charge in [0, 0.05) is 30.6 Å². The number of allylic oxidation sites excluding steroid dienone is 1. The van der Waals surface area contributed by atoms with Gasteiger partial charge >= 0.3 is 6.09 Å². The molecule has 1 saturated heterocycles. The molecule has 1 unspecified atom stereocenters. The maximum Gasteiger partial charge on any atom is 0.410 e. The van der Waals surface area contributed by atoms with Crippen molar-refractivity contribution in [1.29, 1.82) is 0 Å². The molecule has 140 valence electrons. The van der Waals surface area contributed by atoms with Crippen LogP contribution in [0.2, 0.25) is 0 Å². The number of nitrogen functional groups attached to an aromatic ring is 1. The minimum atomic E-state index is -0.495. The summed E-state index contributed by atoms with van der Waals surface area (Å²) >= 11 is 0. The van der Waals surface area contributed by atoms with Crippen LogP contribution in [0.15, 0.2) is 18.3 Å². The highest BCUT2D eigenvalue weighted by molar-refractivity contribution is 5.69. The van der Waals surface area contributed by atoms with Gasteiger partial charge in [-0.3, -0.25) is 0 Å². The number of ether oxygens (including phenoxy) is 1. The maximum absolute atomic E-state index is 12.4. The van der Waals surface area contributed by atoms with Crippen LogP contribution in [0.1, 0.15) is 57.7 Å². The molecule has 7 nitrogen and oxygen atoms in total. The standard InChI is InChI=1S/C19H27N5O2/c1-5-7-13-11-21-24-16(20)10-15(22-17(13)24)14-8-6-9-23(12-14)18(25)26-19(2,3)4/h5,7,10-11,14H,6,8-9,12,20H2,1-4H3/b7-5+. The molecule has 1 amide bonds. The summed E-state index contributed by atoms with van der Waals surface area (Å²) in [5.74, 6) is 0.687. The molecular weight excluding hydrogens is 330 g/mol. The molecule has 0 saturated carbocycles. The number of anilines is 1. The van der Waals surface area contributed by atoms with Gasteiger partial charge in [0.1, 0.15) is 11.4 Å². The van der Waals surface area contributed by atoms with Crippen LogP contribution in [-0.2, 0) is 4.74 Å². The topological polar surface area (TPSA) is 85.8 Å². The quantitative estimate of drug-likeness (QED) is 0.889. The molecule has 3 rings (SSSR count). The second kappa shape index (κ2) is 6.97. The minimum absolute atomic E-state index is 0.136. The number of rotatable bonds is 2. The second-order valence-electron chi connectivity index (χ2n) is 7.71. The van der Waals surface area contributed by atoms with Gasteiger partial charge in [-0.05, 0) is 40.5 Å². The van der Waals surface area contributed by atoms with Gasteiger partial charge in [0.15, 0.2) is 5.65 Å². The van der Waals surface area contributed by atoms with Gasteiger partial charge in [0.2, 0.25) is 0 Å². The first-order valence-electron chi connectivity index (χ1n) is 9.03. The van der Waals surface area contributed by atoms with Gasteiger partial charge in [-0.1, -0.05) is 12.2 Å². The molecule has 3 heterocycles. The van der Waals surface area contributed by atoms with Crippen molar-refractivity contribution in [3.8, 4) is 0 Å². The molecule has 1 aliphatic rings. The van der Waals surface area contributed by atoms with Crippen LogP contribution in [0.5, 0.6) is 0 Å². The van der Waals surface area contributed by atoms with Gasteiger partial charge in [-0.2, -0.15) is 9.61 Å². The number of carbonyl (C=O) groups excluding carboxylic acids is 1. The Bertz CT molecular complexity index is 834. The number of nitrogens with zero attached hydrogens (tertiary/aromatic N) is 4. The number of likely N-dealkylation sites (tertiary alicyclic amines) is 1. The van der Waals surface area contributed by atoms with Crippen LogP contribution in [0.3, 0.4) is 0 Å². The van der Waals surface area contributed by atoms with Crippen molar-refractivity contribution in [2.75, 3.05) is 18.8 Å². The molecule has 0 bridgehead atoms. The highest BCUT2D eigenvalue weighted by atomic mass is 16.6. The zero-order valence-electron chi connectivity index (χ0n) is 15.9. The van der Waals surface area contributed by atoms with Gasteiger partial charge in [0.25, 0.3) is 0 Å². The first-order chi connectivity index (χ1) is 12.3. The lowest BCUT2D eigenvalue weighted by Gasteiger charge is -2.34. The summed E-state index contributed by atoms with van der Waals surface area (Å²) in [6.07, 6.45) is 7.29. The number of fused-ring (bicyclic) bond motifs is 1. The van der Waals surface area contributed by atoms with Crippen molar-refractivity contribution in [2.45, 2.75) is 52.1 Å². The lowest BCUT2D eigenvalue weighted by molar-refractivity contribution is 0.0197. The summed E-state index contributed by atoms with van der Waals surface area (Å²) in [6.45, 7) is 8.89. The van der Waals surface area contributed by atoms with Gasteiger partial charge in [-0.25, -0.2) is 9.78 Å². The van der Waals surface area contributed by atoms with Crippen molar-refractivity contribution >= 4 is 23.6 Å². The van der Waals surface area contributed by atoms with E-state index >= 15 is 0 Å². The van der Waals surface area contributed by atoms with Crippen LogP contribution < -0.4 is 5.73 Å².